The minimum Gasteiger partial charge on any atom is -0.465 e. The Morgan fingerprint density at radius 1 is 0.750 bits per heavy atom. The van der Waals surface area contributed by atoms with Crippen LogP contribution in [0.1, 0.15) is 27.8 Å². The van der Waals surface area contributed by atoms with Gasteiger partial charge in [-0.1, -0.05) is 90.0 Å². The van der Waals surface area contributed by atoms with Gasteiger partial charge in [-0.2, -0.15) is 0 Å². The van der Waals surface area contributed by atoms with Crippen molar-refractivity contribution in [1.82, 2.24) is 0 Å². The second-order valence-electron chi connectivity index (χ2n) is 6.79. The molecule has 0 bridgehead atoms. The second kappa shape index (κ2) is 9.01. The highest BCUT2D eigenvalue weighted by Crippen LogP contribution is 2.26. The Bertz CT molecular complexity index is 993. The molecule has 0 radical (unpaired) electrons. The Kier molecular flexibility index (Phi) is 6.23. The maximum Gasteiger partial charge on any atom is 0.338 e. The van der Waals surface area contributed by atoms with Crippen LogP contribution in [0.5, 0.6) is 0 Å². The Hall–Kier alpha value is -3.39. The van der Waals surface area contributed by atoms with Gasteiger partial charge >= 0.3 is 5.97 Å². The molecule has 0 fully saturated rings. The van der Waals surface area contributed by atoms with E-state index in [-0.39, 0.29) is 5.97 Å². The van der Waals surface area contributed by atoms with Gasteiger partial charge in [0.2, 0.25) is 0 Å². The van der Waals surface area contributed by atoms with E-state index in [1.807, 2.05) is 36.4 Å². The summed E-state index contributed by atoms with van der Waals surface area (Å²) in [4.78, 5) is 12.5. The molecule has 28 heavy (non-hydrogen) atoms. The molecule has 0 amide bonds. The van der Waals surface area contributed by atoms with Crippen molar-refractivity contribution in [3.8, 4) is 0 Å². The highest BCUT2D eigenvalue weighted by Gasteiger charge is 2.13. The topological polar surface area (TPSA) is 26.3 Å². The van der Waals surface area contributed by atoms with Crippen LogP contribution in [0, 0.1) is 13.8 Å². The summed E-state index contributed by atoms with van der Waals surface area (Å²) >= 11 is 0. The fourth-order valence-electron chi connectivity index (χ4n) is 2.94. The predicted octanol–water partition coefficient (Wildman–Crippen LogP) is 6.10. The third-order valence-electron chi connectivity index (χ3n) is 4.57. The maximum absolute atomic E-state index is 12.5. The summed E-state index contributed by atoms with van der Waals surface area (Å²) in [6.07, 6.45) is 4.00. The Morgan fingerprint density at radius 2 is 1.32 bits per heavy atom. The first kappa shape index (κ1) is 19.4. The highest BCUT2D eigenvalue weighted by atomic mass is 16.5. The Labute approximate surface area is 166 Å². The number of hydrogen-bond acceptors (Lipinski definition) is 2. The molecule has 2 nitrogen and oxygen atoms in total. The van der Waals surface area contributed by atoms with Gasteiger partial charge in [-0.25, -0.2) is 4.79 Å². The Morgan fingerprint density at radius 3 is 1.89 bits per heavy atom. The van der Waals surface area contributed by atoms with Crippen molar-refractivity contribution >= 4 is 23.2 Å². The minimum atomic E-state index is -0.354. The van der Waals surface area contributed by atoms with Crippen LogP contribution >= 0.6 is 0 Å². The zero-order valence-corrected chi connectivity index (χ0v) is 16.5. The zero-order valence-electron chi connectivity index (χ0n) is 16.5. The summed E-state index contributed by atoms with van der Waals surface area (Å²) in [7, 11) is 1.41. The van der Waals surface area contributed by atoms with E-state index in [4.69, 9.17) is 4.74 Å². The summed E-state index contributed by atoms with van der Waals surface area (Å²) in [6, 6.07) is 26.2. The van der Waals surface area contributed by atoms with Crippen molar-refractivity contribution < 1.29 is 9.53 Å². The van der Waals surface area contributed by atoms with Crippen molar-refractivity contribution in [3.05, 3.63) is 113 Å². The molecule has 0 aliphatic heterocycles. The summed E-state index contributed by atoms with van der Waals surface area (Å²) in [5, 5.41) is 0. The van der Waals surface area contributed by atoms with Crippen LogP contribution in [-0.2, 0) is 9.53 Å². The monoisotopic (exact) mass is 368 g/mol. The SMILES string of the molecule is COC(=O)/C(=C/C(=C\c1ccc(C)cc1)c1ccc(C)cc1)c1ccccc1. The molecule has 2 heteroatoms. The van der Waals surface area contributed by atoms with E-state index in [0.717, 1.165) is 22.3 Å². The van der Waals surface area contributed by atoms with E-state index in [1.165, 1.54) is 18.2 Å². The van der Waals surface area contributed by atoms with Gasteiger partial charge in [-0.3, -0.25) is 0 Å². The first-order valence-electron chi connectivity index (χ1n) is 9.27. The first-order valence-corrected chi connectivity index (χ1v) is 9.27. The number of benzene rings is 3. The second-order valence-corrected chi connectivity index (χ2v) is 6.79. The van der Waals surface area contributed by atoms with E-state index in [9.17, 15) is 4.79 Å². The normalized spacial score (nSPS) is 12.0. The van der Waals surface area contributed by atoms with Crippen LogP contribution in [0.3, 0.4) is 0 Å². The highest BCUT2D eigenvalue weighted by molar-refractivity contribution is 6.19. The van der Waals surface area contributed by atoms with E-state index in [0.29, 0.717) is 5.57 Å². The molecule has 3 aromatic carbocycles. The lowest BCUT2D eigenvalue weighted by atomic mass is 9.96. The van der Waals surface area contributed by atoms with E-state index in [1.54, 1.807) is 0 Å². The summed E-state index contributed by atoms with van der Waals surface area (Å²) in [5.74, 6) is -0.354. The number of rotatable bonds is 5. The molecule has 0 unspecified atom stereocenters. The number of carbonyl (C=O) groups excluding carboxylic acids is 1. The van der Waals surface area contributed by atoms with Crippen molar-refractivity contribution in [2.24, 2.45) is 0 Å². The average Bonchev–Trinajstić information content (AvgIpc) is 2.73. The molecule has 0 aromatic heterocycles. The zero-order chi connectivity index (χ0) is 19.9. The van der Waals surface area contributed by atoms with Gasteiger partial charge in [0.05, 0.1) is 12.7 Å². The van der Waals surface area contributed by atoms with Crippen LogP contribution in [0.15, 0.2) is 84.9 Å². The van der Waals surface area contributed by atoms with Gasteiger partial charge in [0, 0.05) is 0 Å². The number of ether oxygens (including phenoxy) is 1. The van der Waals surface area contributed by atoms with Crippen LogP contribution in [-0.4, -0.2) is 13.1 Å². The maximum atomic E-state index is 12.5. The van der Waals surface area contributed by atoms with E-state index < -0.39 is 0 Å². The third kappa shape index (κ3) is 4.86. The first-order chi connectivity index (χ1) is 13.6. The number of allylic oxidation sites excluding steroid dienone is 2. The van der Waals surface area contributed by atoms with Crippen molar-refractivity contribution in [1.29, 1.82) is 0 Å². The number of esters is 1. The fraction of sp³-hybridized carbons (Fsp3) is 0.115. The van der Waals surface area contributed by atoms with Gasteiger partial charge in [-0.15, -0.1) is 0 Å². The molecular formula is C26H24O2. The molecule has 3 aromatic rings. The van der Waals surface area contributed by atoms with Gasteiger partial charge in [0.15, 0.2) is 0 Å². The molecule has 0 saturated carbocycles. The van der Waals surface area contributed by atoms with Crippen molar-refractivity contribution in [3.63, 3.8) is 0 Å². The number of carbonyl (C=O) groups is 1. The van der Waals surface area contributed by atoms with E-state index in [2.05, 4.69) is 68.5 Å². The molecular weight excluding hydrogens is 344 g/mol. The number of hydrogen-bond donors (Lipinski definition) is 0. The van der Waals surface area contributed by atoms with Crippen LogP contribution in [0.25, 0.3) is 17.2 Å². The molecule has 0 aliphatic carbocycles. The quantitative estimate of drug-likeness (QED) is 0.235. The summed E-state index contributed by atoms with van der Waals surface area (Å²) in [6.45, 7) is 4.13. The lowest BCUT2D eigenvalue weighted by Crippen LogP contribution is -2.04. The van der Waals surface area contributed by atoms with Crippen molar-refractivity contribution in [2.45, 2.75) is 13.8 Å². The lowest BCUT2D eigenvalue weighted by molar-refractivity contribution is -0.133. The average molecular weight is 368 g/mol. The molecule has 3 rings (SSSR count). The molecule has 0 N–H and O–H groups in total. The van der Waals surface area contributed by atoms with Gasteiger partial charge in [-0.05, 0) is 48.3 Å². The predicted molar refractivity (Wildman–Crippen MR) is 117 cm³/mol. The summed E-state index contributed by atoms with van der Waals surface area (Å²) < 4.78 is 5.05. The standard InChI is InChI=1S/C26H24O2/c1-19-9-13-21(14-10-19)17-24(22-15-11-20(2)12-16-22)18-25(26(27)28-3)23-7-5-4-6-8-23/h4-18H,1-3H3/b24-17+,25-18+. The largest absolute Gasteiger partial charge is 0.465 e. The number of aryl methyl sites for hydroxylation is 2. The van der Waals surface area contributed by atoms with E-state index >= 15 is 0 Å². The van der Waals surface area contributed by atoms with Crippen molar-refractivity contribution in [2.75, 3.05) is 7.11 Å². The van der Waals surface area contributed by atoms with Gasteiger partial charge in [0.25, 0.3) is 0 Å². The fourth-order valence-corrected chi connectivity index (χ4v) is 2.94. The minimum absolute atomic E-state index is 0.354. The Balaban J connectivity index is 2.16. The summed E-state index contributed by atoms with van der Waals surface area (Å²) in [5.41, 5.74) is 6.84. The third-order valence-corrected chi connectivity index (χ3v) is 4.57. The van der Waals surface area contributed by atoms with Crippen LogP contribution in [0.4, 0.5) is 0 Å². The molecule has 0 aliphatic rings. The number of methoxy groups -OCH3 is 1. The molecule has 0 spiro atoms. The van der Waals surface area contributed by atoms with Crippen LogP contribution < -0.4 is 0 Å². The lowest BCUT2D eigenvalue weighted by Gasteiger charge is -2.10. The smallest absolute Gasteiger partial charge is 0.338 e. The molecule has 0 atom stereocenters. The molecule has 0 saturated heterocycles. The van der Waals surface area contributed by atoms with Crippen LogP contribution in [0.2, 0.25) is 0 Å². The molecule has 0 heterocycles. The molecule has 140 valence electrons. The van der Waals surface area contributed by atoms with Gasteiger partial charge < -0.3 is 4.74 Å². The van der Waals surface area contributed by atoms with Gasteiger partial charge in [0.1, 0.15) is 0 Å².